The largest absolute Gasteiger partial charge is 0.378 e. The predicted molar refractivity (Wildman–Crippen MR) is 122 cm³/mol. The summed E-state index contributed by atoms with van der Waals surface area (Å²) in [6.07, 6.45) is 3.09. The Morgan fingerprint density at radius 2 is 2.06 bits per heavy atom. The standard InChI is InChI=1S/C22H31N5O3S/c1-16-17(21(29)25-22(24-16)27-10-12-30-13-11-27)6-7-20(28)23-15-18(19-5-4-14-31-19)26-8-2-3-9-26/h4-5,14,18H,2-3,6-13,15H2,1H3,(H,23,28)(H,24,25,29)/t18-/m0/s1. The van der Waals surface area contributed by atoms with Crippen molar-refractivity contribution in [1.82, 2.24) is 20.2 Å². The average Bonchev–Trinajstić information content (AvgIpc) is 3.49. The monoisotopic (exact) mass is 445 g/mol. The van der Waals surface area contributed by atoms with E-state index < -0.39 is 0 Å². The Labute approximate surface area is 186 Å². The minimum Gasteiger partial charge on any atom is -0.378 e. The van der Waals surface area contributed by atoms with Gasteiger partial charge in [-0.3, -0.25) is 19.5 Å². The van der Waals surface area contributed by atoms with Crippen LogP contribution in [0.15, 0.2) is 22.3 Å². The molecule has 31 heavy (non-hydrogen) atoms. The van der Waals surface area contributed by atoms with Gasteiger partial charge < -0.3 is 15.0 Å². The molecule has 168 valence electrons. The number of morpholine rings is 1. The molecule has 0 radical (unpaired) electrons. The number of anilines is 1. The third-order valence-electron chi connectivity index (χ3n) is 6.07. The molecular weight excluding hydrogens is 414 g/mol. The molecule has 4 heterocycles. The van der Waals surface area contributed by atoms with Crippen molar-refractivity contribution in [2.75, 3.05) is 50.8 Å². The van der Waals surface area contributed by atoms with Crippen LogP contribution in [0, 0.1) is 6.92 Å². The lowest BCUT2D eigenvalue weighted by Gasteiger charge is -2.27. The highest BCUT2D eigenvalue weighted by Crippen LogP contribution is 2.27. The SMILES string of the molecule is Cc1nc(N2CCOCC2)[nH]c(=O)c1CCC(=O)NC[C@@H](c1cccs1)N1CCCC1. The normalized spacial score (nSPS) is 18.3. The second-order valence-electron chi connectivity index (χ2n) is 8.13. The first kappa shape index (κ1) is 22.0. The molecular formula is C22H31N5O3S. The number of hydrogen-bond acceptors (Lipinski definition) is 7. The molecule has 8 nitrogen and oxygen atoms in total. The Morgan fingerprint density at radius 3 is 2.74 bits per heavy atom. The van der Waals surface area contributed by atoms with Crippen LogP contribution in [0.4, 0.5) is 5.95 Å². The fourth-order valence-corrected chi connectivity index (χ4v) is 5.16. The number of aromatic amines is 1. The summed E-state index contributed by atoms with van der Waals surface area (Å²) < 4.78 is 5.36. The third-order valence-corrected chi connectivity index (χ3v) is 7.04. The quantitative estimate of drug-likeness (QED) is 0.645. The first-order chi connectivity index (χ1) is 15.1. The second kappa shape index (κ2) is 10.4. The van der Waals surface area contributed by atoms with Gasteiger partial charge in [-0.2, -0.15) is 0 Å². The number of ether oxygens (including phenoxy) is 1. The molecule has 2 aromatic heterocycles. The van der Waals surface area contributed by atoms with Crippen LogP contribution >= 0.6 is 11.3 Å². The first-order valence-corrected chi connectivity index (χ1v) is 12.0. The van der Waals surface area contributed by atoms with E-state index in [9.17, 15) is 9.59 Å². The van der Waals surface area contributed by atoms with Gasteiger partial charge in [0.15, 0.2) is 0 Å². The van der Waals surface area contributed by atoms with Gasteiger partial charge in [0.2, 0.25) is 11.9 Å². The maximum Gasteiger partial charge on any atom is 0.255 e. The molecule has 0 aliphatic carbocycles. The van der Waals surface area contributed by atoms with E-state index in [0.29, 0.717) is 56.5 Å². The van der Waals surface area contributed by atoms with Gasteiger partial charge in [-0.05, 0) is 50.7 Å². The van der Waals surface area contributed by atoms with Crippen molar-refractivity contribution in [3.05, 3.63) is 44.0 Å². The molecule has 2 saturated heterocycles. The van der Waals surface area contributed by atoms with E-state index in [2.05, 4.69) is 37.7 Å². The second-order valence-corrected chi connectivity index (χ2v) is 9.11. The topological polar surface area (TPSA) is 90.6 Å². The lowest BCUT2D eigenvalue weighted by atomic mass is 10.1. The molecule has 0 unspecified atom stereocenters. The van der Waals surface area contributed by atoms with Crippen molar-refractivity contribution < 1.29 is 9.53 Å². The van der Waals surface area contributed by atoms with Crippen molar-refractivity contribution in [2.24, 2.45) is 0 Å². The number of carbonyl (C=O) groups is 1. The van der Waals surface area contributed by atoms with E-state index in [1.807, 2.05) is 11.8 Å². The van der Waals surface area contributed by atoms with Gasteiger partial charge in [0, 0.05) is 42.2 Å². The van der Waals surface area contributed by atoms with E-state index in [4.69, 9.17) is 4.74 Å². The highest BCUT2D eigenvalue weighted by molar-refractivity contribution is 7.10. The first-order valence-electron chi connectivity index (χ1n) is 11.1. The number of aromatic nitrogens is 2. The smallest absolute Gasteiger partial charge is 0.255 e. The zero-order chi connectivity index (χ0) is 21.6. The molecule has 2 aromatic rings. The molecule has 0 aromatic carbocycles. The number of thiophene rings is 1. The van der Waals surface area contributed by atoms with Crippen LogP contribution in [0.1, 0.15) is 41.4 Å². The molecule has 0 saturated carbocycles. The van der Waals surface area contributed by atoms with Gasteiger partial charge in [0.05, 0.1) is 19.3 Å². The molecule has 2 aliphatic heterocycles. The molecule has 2 aliphatic rings. The predicted octanol–water partition coefficient (Wildman–Crippen LogP) is 1.86. The maximum atomic E-state index is 12.6. The van der Waals surface area contributed by atoms with E-state index >= 15 is 0 Å². The van der Waals surface area contributed by atoms with Crippen molar-refractivity contribution in [3.63, 3.8) is 0 Å². The zero-order valence-electron chi connectivity index (χ0n) is 18.1. The number of amides is 1. The van der Waals surface area contributed by atoms with Crippen molar-refractivity contribution in [1.29, 1.82) is 0 Å². The minimum atomic E-state index is -0.157. The summed E-state index contributed by atoms with van der Waals surface area (Å²) in [5.74, 6) is 0.556. The van der Waals surface area contributed by atoms with Crippen molar-refractivity contribution >= 4 is 23.2 Å². The van der Waals surface area contributed by atoms with Crippen molar-refractivity contribution in [3.8, 4) is 0 Å². The Hall–Kier alpha value is -2.23. The minimum absolute atomic E-state index is 0.0307. The molecule has 0 spiro atoms. The number of nitrogens with one attached hydrogen (secondary N) is 2. The number of carbonyl (C=O) groups excluding carboxylic acids is 1. The van der Waals surface area contributed by atoms with Gasteiger partial charge in [-0.25, -0.2) is 4.98 Å². The van der Waals surface area contributed by atoms with Gasteiger partial charge >= 0.3 is 0 Å². The number of likely N-dealkylation sites (tertiary alicyclic amines) is 1. The molecule has 2 N–H and O–H groups in total. The van der Waals surface area contributed by atoms with E-state index in [1.165, 1.54) is 17.7 Å². The lowest BCUT2D eigenvalue weighted by Crippen LogP contribution is -2.39. The Kier molecular flexibility index (Phi) is 7.37. The zero-order valence-corrected chi connectivity index (χ0v) is 18.9. The van der Waals surface area contributed by atoms with Crippen molar-refractivity contribution in [2.45, 2.75) is 38.6 Å². The van der Waals surface area contributed by atoms with Gasteiger partial charge in [-0.15, -0.1) is 11.3 Å². The summed E-state index contributed by atoms with van der Waals surface area (Å²) in [5, 5.41) is 5.18. The van der Waals surface area contributed by atoms with Crippen LogP contribution in [-0.2, 0) is 16.0 Å². The maximum absolute atomic E-state index is 12.6. The molecule has 1 amide bonds. The van der Waals surface area contributed by atoms with Gasteiger partial charge in [0.25, 0.3) is 5.56 Å². The van der Waals surface area contributed by atoms with Crippen LogP contribution < -0.4 is 15.8 Å². The summed E-state index contributed by atoms with van der Waals surface area (Å²) in [6, 6.07) is 4.43. The van der Waals surface area contributed by atoms with E-state index in [0.717, 1.165) is 13.1 Å². The number of rotatable bonds is 8. The van der Waals surface area contributed by atoms with Gasteiger partial charge in [0.1, 0.15) is 0 Å². The summed E-state index contributed by atoms with van der Waals surface area (Å²) in [7, 11) is 0. The number of nitrogens with zero attached hydrogens (tertiary/aromatic N) is 3. The van der Waals surface area contributed by atoms with Crippen LogP contribution in [0.25, 0.3) is 0 Å². The third kappa shape index (κ3) is 5.53. The van der Waals surface area contributed by atoms with Crippen LogP contribution in [0.5, 0.6) is 0 Å². The number of H-pyrrole nitrogens is 1. The fourth-order valence-electron chi connectivity index (χ4n) is 4.30. The Bertz CT molecular complexity index is 918. The molecule has 2 fully saturated rings. The summed E-state index contributed by atoms with van der Waals surface area (Å²) in [6.45, 7) is 7.29. The molecule has 0 bridgehead atoms. The van der Waals surface area contributed by atoms with Crippen LogP contribution in [0.3, 0.4) is 0 Å². The number of aryl methyl sites for hydroxylation is 1. The molecule has 9 heteroatoms. The fraction of sp³-hybridized carbons (Fsp3) is 0.591. The Morgan fingerprint density at radius 1 is 1.29 bits per heavy atom. The van der Waals surface area contributed by atoms with Crippen LogP contribution in [0.2, 0.25) is 0 Å². The lowest BCUT2D eigenvalue weighted by molar-refractivity contribution is -0.121. The summed E-state index contributed by atoms with van der Waals surface area (Å²) in [4.78, 5) is 38.4. The Balaban J connectivity index is 1.33. The molecule has 1 atom stereocenters. The van der Waals surface area contributed by atoms with Gasteiger partial charge in [-0.1, -0.05) is 6.07 Å². The van der Waals surface area contributed by atoms with Crippen LogP contribution in [-0.4, -0.2) is 66.7 Å². The summed E-state index contributed by atoms with van der Waals surface area (Å²) >= 11 is 1.74. The highest BCUT2D eigenvalue weighted by atomic mass is 32.1. The van der Waals surface area contributed by atoms with E-state index in [1.54, 1.807) is 11.3 Å². The summed E-state index contributed by atoms with van der Waals surface area (Å²) in [5.41, 5.74) is 1.11. The molecule has 4 rings (SSSR count). The van der Waals surface area contributed by atoms with E-state index in [-0.39, 0.29) is 23.9 Å². The highest BCUT2D eigenvalue weighted by Gasteiger charge is 2.24. The average molecular weight is 446 g/mol. The number of hydrogen-bond donors (Lipinski definition) is 2.